The van der Waals surface area contributed by atoms with Gasteiger partial charge in [-0.1, -0.05) is 12.1 Å². The molecule has 0 saturated carbocycles. The summed E-state index contributed by atoms with van der Waals surface area (Å²) in [6.45, 7) is 0.910. The van der Waals surface area contributed by atoms with E-state index in [1.807, 2.05) is 0 Å². The fourth-order valence-corrected chi connectivity index (χ4v) is 2.51. The predicted octanol–water partition coefficient (Wildman–Crippen LogP) is 1.83. The first-order valence-electron chi connectivity index (χ1n) is 6.45. The van der Waals surface area contributed by atoms with Gasteiger partial charge in [0.25, 0.3) is 5.91 Å². The maximum Gasteiger partial charge on any atom is 0.257 e. The summed E-state index contributed by atoms with van der Waals surface area (Å²) in [7, 11) is 1.66. The Hall–Kier alpha value is -1.17. The van der Waals surface area contributed by atoms with E-state index in [-0.39, 0.29) is 36.0 Å². The lowest BCUT2D eigenvalue weighted by atomic mass is 9.98. The van der Waals surface area contributed by atoms with Crippen LogP contribution in [0.2, 0.25) is 0 Å². The Morgan fingerprint density at radius 2 is 2.20 bits per heavy atom. The number of halogens is 2. The third-order valence-electron chi connectivity index (χ3n) is 3.64. The molecule has 112 valence electrons. The number of carbonyl (C=O) groups excluding carboxylic acids is 1. The quantitative estimate of drug-likeness (QED) is 0.927. The van der Waals surface area contributed by atoms with Gasteiger partial charge in [-0.2, -0.15) is 0 Å². The van der Waals surface area contributed by atoms with E-state index in [2.05, 4.69) is 0 Å². The van der Waals surface area contributed by atoms with Gasteiger partial charge in [0.05, 0.1) is 11.7 Å². The van der Waals surface area contributed by atoms with Crippen LogP contribution in [0.15, 0.2) is 24.3 Å². The number of ether oxygens (including phenoxy) is 1. The standard InChI is InChI=1S/C14H19FN2O2.ClH/c1-19-11-6-7-17(10(8-11)9-16)14(18)12-4-2-3-5-13(12)15;/h2-5,10-11H,6-9,16H2,1H3;1H. The molecule has 0 aromatic heterocycles. The van der Waals surface area contributed by atoms with Crippen molar-refractivity contribution in [3.05, 3.63) is 35.6 Å². The van der Waals surface area contributed by atoms with Crippen molar-refractivity contribution in [3.63, 3.8) is 0 Å². The molecule has 6 heteroatoms. The Kier molecular flexibility index (Phi) is 6.39. The molecule has 0 bridgehead atoms. The van der Waals surface area contributed by atoms with Gasteiger partial charge >= 0.3 is 0 Å². The number of hydrogen-bond donors (Lipinski definition) is 1. The maximum atomic E-state index is 13.7. The van der Waals surface area contributed by atoms with E-state index in [1.54, 1.807) is 24.1 Å². The molecular weight excluding hydrogens is 283 g/mol. The lowest BCUT2D eigenvalue weighted by molar-refractivity contribution is 0.0137. The van der Waals surface area contributed by atoms with Crippen molar-refractivity contribution >= 4 is 18.3 Å². The molecule has 1 heterocycles. The van der Waals surface area contributed by atoms with Crippen LogP contribution in [0.3, 0.4) is 0 Å². The molecule has 1 aliphatic rings. The Morgan fingerprint density at radius 3 is 2.80 bits per heavy atom. The van der Waals surface area contributed by atoms with Gasteiger partial charge in [-0.05, 0) is 25.0 Å². The van der Waals surface area contributed by atoms with E-state index in [9.17, 15) is 9.18 Å². The van der Waals surface area contributed by atoms with Crippen LogP contribution in [0.5, 0.6) is 0 Å². The summed E-state index contributed by atoms with van der Waals surface area (Å²) in [4.78, 5) is 14.0. The highest BCUT2D eigenvalue weighted by Gasteiger charge is 2.32. The first-order chi connectivity index (χ1) is 9.17. The number of nitrogens with zero attached hydrogens (tertiary/aromatic N) is 1. The number of methoxy groups -OCH3 is 1. The number of rotatable bonds is 3. The second-order valence-corrected chi connectivity index (χ2v) is 4.75. The second-order valence-electron chi connectivity index (χ2n) is 4.75. The van der Waals surface area contributed by atoms with Crippen LogP contribution in [0.1, 0.15) is 23.2 Å². The van der Waals surface area contributed by atoms with E-state index in [1.165, 1.54) is 12.1 Å². The number of likely N-dealkylation sites (tertiary alicyclic amines) is 1. The summed E-state index contributed by atoms with van der Waals surface area (Å²) in [6.07, 6.45) is 1.58. The van der Waals surface area contributed by atoms with Gasteiger partial charge < -0.3 is 15.4 Å². The number of amides is 1. The van der Waals surface area contributed by atoms with Crippen LogP contribution in [0.4, 0.5) is 4.39 Å². The SMILES string of the molecule is COC1CCN(C(=O)c2ccccc2F)C(CN)C1.Cl. The van der Waals surface area contributed by atoms with Gasteiger partial charge in [0.1, 0.15) is 5.82 Å². The molecule has 0 aliphatic carbocycles. The molecule has 1 fully saturated rings. The highest BCUT2D eigenvalue weighted by atomic mass is 35.5. The number of carbonyl (C=O) groups is 1. The fourth-order valence-electron chi connectivity index (χ4n) is 2.51. The maximum absolute atomic E-state index is 13.7. The third kappa shape index (κ3) is 3.48. The molecule has 1 aromatic rings. The van der Waals surface area contributed by atoms with Gasteiger partial charge in [-0.3, -0.25) is 4.79 Å². The average Bonchev–Trinajstić information content (AvgIpc) is 2.46. The van der Waals surface area contributed by atoms with E-state index >= 15 is 0 Å². The largest absolute Gasteiger partial charge is 0.381 e. The lowest BCUT2D eigenvalue weighted by Crippen LogP contribution is -2.51. The average molecular weight is 303 g/mol. The van der Waals surface area contributed by atoms with E-state index in [4.69, 9.17) is 10.5 Å². The summed E-state index contributed by atoms with van der Waals surface area (Å²) in [5.74, 6) is -0.778. The zero-order valence-electron chi connectivity index (χ0n) is 11.4. The van der Waals surface area contributed by atoms with Crippen LogP contribution in [-0.4, -0.2) is 43.2 Å². The number of hydrogen-bond acceptors (Lipinski definition) is 3. The summed E-state index contributed by atoms with van der Waals surface area (Å²) in [6, 6.07) is 5.95. The molecule has 4 nitrogen and oxygen atoms in total. The molecule has 2 N–H and O–H groups in total. The second kappa shape index (κ2) is 7.57. The Balaban J connectivity index is 0.00000200. The highest BCUT2D eigenvalue weighted by Crippen LogP contribution is 2.22. The summed E-state index contributed by atoms with van der Waals surface area (Å²) >= 11 is 0. The molecule has 20 heavy (non-hydrogen) atoms. The molecule has 1 saturated heterocycles. The van der Waals surface area contributed by atoms with Crippen molar-refractivity contribution < 1.29 is 13.9 Å². The first-order valence-corrected chi connectivity index (χ1v) is 6.45. The zero-order chi connectivity index (χ0) is 13.8. The van der Waals surface area contributed by atoms with E-state index in [0.717, 1.165) is 6.42 Å². The van der Waals surface area contributed by atoms with Crippen molar-refractivity contribution in [3.8, 4) is 0 Å². The van der Waals surface area contributed by atoms with Crippen molar-refractivity contribution in [1.82, 2.24) is 4.90 Å². The Morgan fingerprint density at radius 1 is 1.50 bits per heavy atom. The molecule has 0 radical (unpaired) electrons. The van der Waals surface area contributed by atoms with E-state index in [0.29, 0.717) is 19.5 Å². The van der Waals surface area contributed by atoms with Gasteiger partial charge in [0.15, 0.2) is 0 Å². The monoisotopic (exact) mass is 302 g/mol. The van der Waals surface area contributed by atoms with Gasteiger partial charge in [-0.25, -0.2) is 4.39 Å². The van der Waals surface area contributed by atoms with Crippen LogP contribution in [0.25, 0.3) is 0 Å². The van der Waals surface area contributed by atoms with Crippen LogP contribution < -0.4 is 5.73 Å². The highest BCUT2D eigenvalue weighted by molar-refractivity contribution is 5.94. The van der Waals surface area contributed by atoms with Crippen LogP contribution in [-0.2, 0) is 4.74 Å². The number of piperidine rings is 1. The molecule has 1 amide bonds. The number of nitrogens with two attached hydrogens (primary N) is 1. The van der Waals surface area contributed by atoms with Crippen molar-refractivity contribution in [2.45, 2.75) is 25.0 Å². The molecule has 1 aliphatic heterocycles. The predicted molar refractivity (Wildman–Crippen MR) is 77.6 cm³/mol. The first kappa shape index (κ1) is 16.9. The fraction of sp³-hybridized carbons (Fsp3) is 0.500. The molecule has 0 spiro atoms. The zero-order valence-corrected chi connectivity index (χ0v) is 12.2. The molecule has 1 aromatic carbocycles. The van der Waals surface area contributed by atoms with Crippen LogP contribution in [0, 0.1) is 5.82 Å². The molecule has 2 unspecified atom stereocenters. The summed E-state index contributed by atoms with van der Waals surface area (Å²) in [5.41, 5.74) is 5.83. The molecule has 2 atom stereocenters. The Bertz CT molecular complexity index is 459. The third-order valence-corrected chi connectivity index (χ3v) is 3.64. The molecule has 2 rings (SSSR count). The van der Waals surface area contributed by atoms with Crippen molar-refractivity contribution in [1.29, 1.82) is 0 Å². The van der Waals surface area contributed by atoms with Crippen molar-refractivity contribution in [2.24, 2.45) is 5.73 Å². The molecular formula is C14H20ClFN2O2. The van der Waals surface area contributed by atoms with Gasteiger partial charge in [0, 0.05) is 26.2 Å². The van der Waals surface area contributed by atoms with Crippen molar-refractivity contribution in [2.75, 3.05) is 20.2 Å². The minimum Gasteiger partial charge on any atom is -0.381 e. The minimum atomic E-state index is -0.489. The minimum absolute atomic E-state index is 0. The van der Waals surface area contributed by atoms with Gasteiger partial charge in [0.2, 0.25) is 0 Å². The summed E-state index contributed by atoms with van der Waals surface area (Å²) < 4.78 is 19.0. The van der Waals surface area contributed by atoms with Gasteiger partial charge in [-0.15, -0.1) is 12.4 Å². The lowest BCUT2D eigenvalue weighted by Gasteiger charge is -2.38. The summed E-state index contributed by atoms with van der Waals surface area (Å²) in [5, 5.41) is 0. The normalized spacial score (nSPS) is 22.2. The number of benzene rings is 1. The van der Waals surface area contributed by atoms with E-state index < -0.39 is 5.82 Å². The topological polar surface area (TPSA) is 55.6 Å². The smallest absolute Gasteiger partial charge is 0.257 e. The Labute approximate surface area is 124 Å². The van der Waals surface area contributed by atoms with Crippen LogP contribution >= 0.6 is 12.4 Å².